The van der Waals surface area contributed by atoms with Crippen molar-refractivity contribution >= 4 is 12.1 Å². The van der Waals surface area contributed by atoms with Crippen LogP contribution in [0.15, 0.2) is 72.1 Å². The molecule has 0 saturated heterocycles. The molecule has 0 bridgehead atoms. The molecule has 1 amide bonds. The first kappa shape index (κ1) is 15.7. The lowest BCUT2D eigenvalue weighted by Crippen LogP contribution is -2.18. The summed E-state index contributed by atoms with van der Waals surface area (Å²) in [7, 11) is 0. The molecule has 0 saturated carbocycles. The van der Waals surface area contributed by atoms with Crippen LogP contribution >= 0.6 is 0 Å². The maximum atomic E-state index is 12.2. The first-order valence-corrected chi connectivity index (χ1v) is 7.68. The van der Waals surface area contributed by atoms with Crippen LogP contribution in [-0.4, -0.2) is 21.9 Å². The minimum atomic E-state index is -0.234. The molecule has 2 aromatic carbocycles. The maximum absolute atomic E-state index is 12.2. The van der Waals surface area contributed by atoms with Crippen LogP contribution in [0, 0.1) is 6.92 Å². The van der Waals surface area contributed by atoms with E-state index in [1.807, 2.05) is 66.3 Å². The predicted octanol–water partition coefficient (Wildman–Crippen LogP) is 3.00. The lowest BCUT2D eigenvalue weighted by atomic mass is 10.1. The Labute approximate surface area is 140 Å². The number of nitrogens with zero attached hydrogens (tertiary/aromatic N) is 3. The fourth-order valence-electron chi connectivity index (χ4n) is 2.35. The highest BCUT2D eigenvalue weighted by molar-refractivity contribution is 5.95. The van der Waals surface area contributed by atoms with Crippen molar-refractivity contribution in [3.8, 4) is 0 Å². The van der Waals surface area contributed by atoms with Crippen LogP contribution in [0.25, 0.3) is 0 Å². The van der Waals surface area contributed by atoms with E-state index >= 15 is 0 Å². The van der Waals surface area contributed by atoms with E-state index in [4.69, 9.17) is 0 Å². The van der Waals surface area contributed by atoms with E-state index in [1.54, 1.807) is 18.5 Å². The molecule has 0 atom stereocenters. The molecule has 5 heteroatoms. The van der Waals surface area contributed by atoms with Crippen LogP contribution in [0.3, 0.4) is 0 Å². The Morgan fingerprint density at radius 3 is 2.88 bits per heavy atom. The van der Waals surface area contributed by atoms with Gasteiger partial charge in [0.25, 0.3) is 5.91 Å². The first-order valence-electron chi connectivity index (χ1n) is 7.68. The summed E-state index contributed by atoms with van der Waals surface area (Å²) in [6.45, 7) is 2.63. The van der Waals surface area contributed by atoms with E-state index in [0.29, 0.717) is 12.1 Å². The zero-order chi connectivity index (χ0) is 16.8. The molecule has 0 aliphatic heterocycles. The Hall–Kier alpha value is -3.21. The van der Waals surface area contributed by atoms with Crippen molar-refractivity contribution in [2.24, 2.45) is 5.10 Å². The van der Waals surface area contributed by atoms with Gasteiger partial charge in [0.15, 0.2) is 0 Å². The number of carbonyl (C=O) groups excluding carboxylic acids is 1. The van der Waals surface area contributed by atoms with Gasteiger partial charge >= 0.3 is 0 Å². The molecule has 3 rings (SSSR count). The molecule has 3 aromatic rings. The summed E-state index contributed by atoms with van der Waals surface area (Å²) in [6.07, 6.45) is 5.27. The van der Waals surface area contributed by atoms with Crippen LogP contribution in [0.2, 0.25) is 0 Å². The number of hydrogen-bond acceptors (Lipinski definition) is 3. The van der Waals surface area contributed by atoms with Gasteiger partial charge < -0.3 is 0 Å². The third-order valence-electron chi connectivity index (χ3n) is 3.65. The van der Waals surface area contributed by atoms with Gasteiger partial charge in [-0.25, -0.2) is 5.43 Å². The van der Waals surface area contributed by atoms with Gasteiger partial charge in [-0.3, -0.25) is 9.48 Å². The Kier molecular flexibility index (Phi) is 4.81. The molecule has 0 unspecified atom stereocenters. The first-order chi connectivity index (χ1) is 11.7. The molecule has 0 aliphatic carbocycles. The molecule has 1 aromatic heterocycles. The minimum absolute atomic E-state index is 0.234. The van der Waals surface area contributed by atoms with Gasteiger partial charge in [-0.2, -0.15) is 10.2 Å². The van der Waals surface area contributed by atoms with E-state index in [0.717, 1.165) is 16.7 Å². The molecular formula is C19H18N4O. The summed E-state index contributed by atoms with van der Waals surface area (Å²) < 4.78 is 1.81. The number of carbonyl (C=O) groups is 1. The maximum Gasteiger partial charge on any atom is 0.271 e. The lowest BCUT2D eigenvalue weighted by molar-refractivity contribution is 0.0955. The smallest absolute Gasteiger partial charge is 0.268 e. The summed E-state index contributed by atoms with van der Waals surface area (Å²) in [5, 5.41) is 8.21. The number of aromatic nitrogens is 2. The van der Waals surface area contributed by atoms with Gasteiger partial charge in [-0.1, -0.05) is 36.4 Å². The number of aryl methyl sites for hydroxylation is 1. The normalized spacial score (nSPS) is 10.9. The molecule has 0 aliphatic rings. The topological polar surface area (TPSA) is 59.3 Å². The highest BCUT2D eigenvalue weighted by Gasteiger charge is 2.05. The summed E-state index contributed by atoms with van der Waals surface area (Å²) in [4.78, 5) is 12.2. The lowest BCUT2D eigenvalue weighted by Gasteiger charge is -2.05. The molecule has 1 heterocycles. The van der Waals surface area contributed by atoms with Gasteiger partial charge in [-0.05, 0) is 41.8 Å². The fraction of sp³-hybridized carbons (Fsp3) is 0.105. The van der Waals surface area contributed by atoms with E-state index in [9.17, 15) is 4.79 Å². The van der Waals surface area contributed by atoms with Crippen molar-refractivity contribution in [1.82, 2.24) is 15.2 Å². The van der Waals surface area contributed by atoms with Crippen LogP contribution in [0.5, 0.6) is 0 Å². The number of nitrogens with one attached hydrogen (secondary N) is 1. The van der Waals surface area contributed by atoms with Gasteiger partial charge in [0, 0.05) is 18.0 Å². The number of amides is 1. The standard InChI is InChI=1S/C19H18N4O/c1-15-6-2-3-8-18(15)13-20-22-19(24)17-9-4-7-16(12-17)14-23-11-5-10-21-23/h2-13H,14H2,1H3,(H,22,24). The second-order valence-electron chi connectivity index (χ2n) is 5.46. The summed E-state index contributed by atoms with van der Waals surface area (Å²) in [5.74, 6) is -0.234. The van der Waals surface area contributed by atoms with Crippen molar-refractivity contribution in [2.75, 3.05) is 0 Å². The zero-order valence-electron chi connectivity index (χ0n) is 13.4. The van der Waals surface area contributed by atoms with Crippen molar-refractivity contribution in [3.05, 3.63) is 89.2 Å². The van der Waals surface area contributed by atoms with Gasteiger partial charge in [0.05, 0.1) is 12.8 Å². The molecule has 120 valence electrons. The molecule has 5 nitrogen and oxygen atoms in total. The molecule has 0 radical (unpaired) electrons. The predicted molar refractivity (Wildman–Crippen MR) is 94.0 cm³/mol. The Balaban J connectivity index is 1.66. The zero-order valence-corrected chi connectivity index (χ0v) is 13.4. The molecule has 1 N–H and O–H groups in total. The second kappa shape index (κ2) is 7.37. The van der Waals surface area contributed by atoms with E-state index < -0.39 is 0 Å². The monoisotopic (exact) mass is 318 g/mol. The van der Waals surface area contributed by atoms with Crippen LogP contribution in [0.4, 0.5) is 0 Å². The van der Waals surface area contributed by atoms with E-state index in [1.165, 1.54) is 0 Å². The molecule has 0 fully saturated rings. The number of hydrogen-bond donors (Lipinski definition) is 1. The van der Waals surface area contributed by atoms with Crippen LogP contribution < -0.4 is 5.43 Å². The highest BCUT2D eigenvalue weighted by Crippen LogP contribution is 2.07. The summed E-state index contributed by atoms with van der Waals surface area (Å²) >= 11 is 0. The van der Waals surface area contributed by atoms with Gasteiger partial charge in [0.2, 0.25) is 0 Å². The van der Waals surface area contributed by atoms with Crippen LogP contribution in [-0.2, 0) is 6.54 Å². The number of benzene rings is 2. The summed E-state index contributed by atoms with van der Waals surface area (Å²) in [5.41, 5.74) is 6.23. The third-order valence-corrected chi connectivity index (χ3v) is 3.65. The number of rotatable bonds is 5. The quantitative estimate of drug-likeness (QED) is 0.581. The molecular weight excluding hydrogens is 300 g/mol. The highest BCUT2D eigenvalue weighted by atomic mass is 16.2. The van der Waals surface area contributed by atoms with Crippen LogP contribution in [0.1, 0.15) is 27.0 Å². The largest absolute Gasteiger partial charge is 0.271 e. The second-order valence-corrected chi connectivity index (χ2v) is 5.46. The third kappa shape index (κ3) is 3.95. The van der Waals surface area contributed by atoms with Gasteiger partial charge in [0.1, 0.15) is 0 Å². The SMILES string of the molecule is Cc1ccccc1C=NNC(=O)c1cccc(Cn2cccn2)c1. The van der Waals surface area contributed by atoms with Crippen molar-refractivity contribution in [3.63, 3.8) is 0 Å². The van der Waals surface area contributed by atoms with Crippen molar-refractivity contribution in [2.45, 2.75) is 13.5 Å². The average molecular weight is 318 g/mol. The Bertz CT molecular complexity index is 853. The molecule has 24 heavy (non-hydrogen) atoms. The van der Waals surface area contributed by atoms with E-state index in [-0.39, 0.29) is 5.91 Å². The minimum Gasteiger partial charge on any atom is -0.268 e. The summed E-state index contributed by atoms with van der Waals surface area (Å²) in [6, 6.07) is 17.2. The average Bonchev–Trinajstić information content (AvgIpc) is 3.10. The van der Waals surface area contributed by atoms with Gasteiger partial charge in [-0.15, -0.1) is 0 Å². The Morgan fingerprint density at radius 2 is 2.08 bits per heavy atom. The Morgan fingerprint density at radius 1 is 1.21 bits per heavy atom. The van der Waals surface area contributed by atoms with Crippen molar-refractivity contribution < 1.29 is 4.79 Å². The fourth-order valence-corrected chi connectivity index (χ4v) is 2.35. The van der Waals surface area contributed by atoms with E-state index in [2.05, 4.69) is 15.6 Å². The van der Waals surface area contributed by atoms with Crippen molar-refractivity contribution in [1.29, 1.82) is 0 Å². The number of hydrazone groups is 1. The molecule has 0 spiro atoms.